The van der Waals surface area contributed by atoms with Crippen molar-refractivity contribution in [2.75, 3.05) is 52.6 Å². The van der Waals surface area contributed by atoms with Gasteiger partial charge in [0, 0.05) is 38.6 Å². The molecule has 0 N–H and O–H groups in total. The fourth-order valence-corrected chi connectivity index (χ4v) is 1.74. The molecule has 5 nitrogen and oxygen atoms in total. The average molecular weight is 240 g/mol. The quantitative estimate of drug-likeness (QED) is 0.673. The third-order valence-corrected chi connectivity index (χ3v) is 2.79. The minimum Gasteiger partial charge on any atom is -0.470 e. The number of rotatable bonds is 4. The molecule has 2 aliphatic rings. The first-order valence-electron chi connectivity index (χ1n) is 6.07. The van der Waals surface area contributed by atoms with Gasteiger partial charge >= 0.3 is 0 Å². The van der Waals surface area contributed by atoms with E-state index in [2.05, 4.69) is 9.80 Å². The molecule has 5 heteroatoms. The SMILES string of the molecule is C(=CN1CCOCC1)OC=CN1CCOCC1. The van der Waals surface area contributed by atoms with Gasteiger partial charge in [0.2, 0.25) is 0 Å². The van der Waals surface area contributed by atoms with Gasteiger partial charge in [0.15, 0.2) is 0 Å². The molecule has 0 spiro atoms. The van der Waals surface area contributed by atoms with Gasteiger partial charge in [0.1, 0.15) is 12.5 Å². The van der Waals surface area contributed by atoms with E-state index in [9.17, 15) is 0 Å². The normalized spacial score (nSPS) is 22.6. The monoisotopic (exact) mass is 240 g/mol. The van der Waals surface area contributed by atoms with Crippen molar-refractivity contribution in [3.8, 4) is 0 Å². The maximum Gasteiger partial charge on any atom is 0.106 e. The van der Waals surface area contributed by atoms with Crippen molar-refractivity contribution in [1.82, 2.24) is 9.80 Å². The Morgan fingerprint density at radius 3 is 1.53 bits per heavy atom. The van der Waals surface area contributed by atoms with Crippen LogP contribution in [0, 0.1) is 0 Å². The second-order valence-electron chi connectivity index (χ2n) is 4.00. The Morgan fingerprint density at radius 1 is 0.706 bits per heavy atom. The van der Waals surface area contributed by atoms with Crippen molar-refractivity contribution >= 4 is 0 Å². The Hall–Kier alpha value is -1.20. The lowest BCUT2D eigenvalue weighted by molar-refractivity contribution is 0.0573. The zero-order valence-corrected chi connectivity index (χ0v) is 10.1. The summed E-state index contributed by atoms with van der Waals surface area (Å²) >= 11 is 0. The molecule has 0 atom stereocenters. The van der Waals surface area contributed by atoms with E-state index in [0.717, 1.165) is 52.6 Å². The standard InChI is InChI=1S/C12H20N2O3/c1-7-15-8-2-13(1)5-11-17-12-6-14-3-9-16-10-4-14/h5-6,11-12H,1-4,7-10H2. The molecule has 0 amide bonds. The lowest BCUT2D eigenvalue weighted by Gasteiger charge is -2.25. The fraction of sp³-hybridized carbons (Fsp3) is 0.667. The van der Waals surface area contributed by atoms with E-state index in [4.69, 9.17) is 14.2 Å². The Kier molecular flexibility index (Phi) is 5.19. The fourth-order valence-electron chi connectivity index (χ4n) is 1.74. The number of morpholine rings is 2. The Balaban J connectivity index is 1.60. The molecule has 2 saturated heterocycles. The first kappa shape index (κ1) is 12.3. The average Bonchev–Trinajstić information content (AvgIpc) is 2.41. The zero-order valence-electron chi connectivity index (χ0n) is 10.1. The smallest absolute Gasteiger partial charge is 0.106 e. The van der Waals surface area contributed by atoms with Crippen molar-refractivity contribution < 1.29 is 14.2 Å². The highest BCUT2D eigenvalue weighted by Gasteiger charge is 2.05. The summed E-state index contributed by atoms with van der Waals surface area (Å²) in [5.74, 6) is 0. The molecule has 2 aliphatic heterocycles. The van der Waals surface area contributed by atoms with Crippen molar-refractivity contribution in [2.24, 2.45) is 0 Å². The maximum absolute atomic E-state index is 5.31. The van der Waals surface area contributed by atoms with Gasteiger partial charge in [-0.25, -0.2) is 0 Å². The summed E-state index contributed by atoms with van der Waals surface area (Å²) in [7, 11) is 0. The molecular weight excluding hydrogens is 220 g/mol. The van der Waals surface area contributed by atoms with Crippen LogP contribution in [0.25, 0.3) is 0 Å². The molecule has 17 heavy (non-hydrogen) atoms. The summed E-state index contributed by atoms with van der Waals surface area (Å²) in [4.78, 5) is 4.37. The van der Waals surface area contributed by atoms with Gasteiger partial charge in [-0.1, -0.05) is 0 Å². The summed E-state index contributed by atoms with van der Waals surface area (Å²) in [6.07, 6.45) is 7.35. The lowest BCUT2D eigenvalue weighted by Crippen LogP contribution is -2.32. The summed E-state index contributed by atoms with van der Waals surface area (Å²) in [5, 5.41) is 0. The summed E-state index contributed by atoms with van der Waals surface area (Å²) in [6.45, 7) is 6.95. The molecule has 0 bridgehead atoms. The highest BCUT2D eigenvalue weighted by atomic mass is 16.5. The molecule has 0 radical (unpaired) electrons. The van der Waals surface area contributed by atoms with Crippen LogP contribution in [0.3, 0.4) is 0 Å². The minimum absolute atomic E-state index is 0.800. The lowest BCUT2D eigenvalue weighted by atomic mass is 10.4. The van der Waals surface area contributed by atoms with Gasteiger partial charge in [-0.05, 0) is 0 Å². The predicted molar refractivity (Wildman–Crippen MR) is 64.1 cm³/mol. The molecule has 96 valence electrons. The van der Waals surface area contributed by atoms with E-state index in [-0.39, 0.29) is 0 Å². The molecular formula is C12H20N2O3. The molecule has 0 aromatic rings. The molecule has 0 unspecified atom stereocenters. The number of hydrogen-bond acceptors (Lipinski definition) is 5. The van der Waals surface area contributed by atoms with Crippen LogP contribution in [-0.2, 0) is 14.2 Å². The molecule has 0 aromatic carbocycles. The van der Waals surface area contributed by atoms with Gasteiger partial charge < -0.3 is 24.0 Å². The summed E-state index contributed by atoms with van der Waals surface area (Å²) in [6, 6.07) is 0. The predicted octanol–water partition coefficient (Wildman–Crippen LogP) is 0.610. The molecule has 2 heterocycles. The maximum atomic E-state index is 5.31. The molecule has 0 aromatic heterocycles. The third kappa shape index (κ3) is 4.66. The van der Waals surface area contributed by atoms with E-state index in [1.807, 2.05) is 12.4 Å². The van der Waals surface area contributed by atoms with E-state index in [1.165, 1.54) is 0 Å². The van der Waals surface area contributed by atoms with E-state index >= 15 is 0 Å². The van der Waals surface area contributed by atoms with E-state index in [0.29, 0.717) is 0 Å². The van der Waals surface area contributed by atoms with E-state index < -0.39 is 0 Å². The van der Waals surface area contributed by atoms with Gasteiger partial charge in [0.25, 0.3) is 0 Å². The minimum atomic E-state index is 0.800. The van der Waals surface area contributed by atoms with Gasteiger partial charge in [-0.15, -0.1) is 0 Å². The second-order valence-corrected chi connectivity index (χ2v) is 4.00. The first-order chi connectivity index (χ1) is 8.45. The van der Waals surface area contributed by atoms with Crippen LogP contribution in [0.4, 0.5) is 0 Å². The Morgan fingerprint density at radius 2 is 1.12 bits per heavy atom. The molecule has 0 aliphatic carbocycles. The number of ether oxygens (including phenoxy) is 3. The van der Waals surface area contributed by atoms with Gasteiger partial charge in [-0.3, -0.25) is 0 Å². The topological polar surface area (TPSA) is 34.2 Å². The molecule has 2 fully saturated rings. The van der Waals surface area contributed by atoms with Crippen LogP contribution < -0.4 is 0 Å². The van der Waals surface area contributed by atoms with Crippen LogP contribution in [0.5, 0.6) is 0 Å². The van der Waals surface area contributed by atoms with Gasteiger partial charge in [-0.2, -0.15) is 0 Å². The van der Waals surface area contributed by atoms with Crippen LogP contribution >= 0.6 is 0 Å². The van der Waals surface area contributed by atoms with Crippen LogP contribution in [0.2, 0.25) is 0 Å². The van der Waals surface area contributed by atoms with E-state index in [1.54, 1.807) is 12.5 Å². The van der Waals surface area contributed by atoms with Crippen molar-refractivity contribution in [3.05, 3.63) is 24.9 Å². The largest absolute Gasteiger partial charge is 0.470 e. The zero-order chi connectivity index (χ0) is 11.8. The third-order valence-electron chi connectivity index (χ3n) is 2.79. The second kappa shape index (κ2) is 7.19. The van der Waals surface area contributed by atoms with Crippen LogP contribution in [-0.4, -0.2) is 62.4 Å². The first-order valence-corrected chi connectivity index (χ1v) is 6.07. The summed E-state index contributed by atoms with van der Waals surface area (Å²) < 4.78 is 15.8. The van der Waals surface area contributed by atoms with Crippen molar-refractivity contribution in [1.29, 1.82) is 0 Å². The number of nitrogens with zero attached hydrogens (tertiary/aromatic N) is 2. The number of hydrogen-bond donors (Lipinski definition) is 0. The van der Waals surface area contributed by atoms with Crippen molar-refractivity contribution in [2.45, 2.75) is 0 Å². The molecule has 0 saturated carbocycles. The van der Waals surface area contributed by atoms with Crippen LogP contribution in [0.1, 0.15) is 0 Å². The van der Waals surface area contributed by atoms with Gasteiger partial charge in [0.05, 0.1) is 26.4 Å². The van der Waals surface area contributed by atoms with Crippen LogP contribution in [0.15, 0.2) is 24.9 Å². The Bertz CT molecular complexity index is 230. The highest BCUT2D eigenvalue weighted by Crippen LogP contribution is 1.99. The highest BCUT2D eigenvalue weighted by molar-refractivity contribution is 4.82. The Labute approximate surface area is 102 Å². The summed E-state index contributed by atoms with van der Waals surface area (Å²) in [5.41, 5.74) is 0. The molecule has 2 rings (SSSR count). The van der Waals surface area contributed by atoms with Crippen molar-refractivity contribution in [3.63, 3.8) is 0 Å².